The summed E-state index contributed by atoms with van der Waals surface area (Å²) in [5.41, 5.74) is -1.26. The standard InChI is InChI=1S/C11H9ClF3NS/c1-7(5-12)17-9-2-3-10(11(13,14)15)8(4-9)6-16/h2-4,7H,5H2,1H3. The predicted octanol–water partition coefficient (Wildman–Crippen LogP) is 4.30. The second kappa shape index (κ2) is 5.65. The molecule has 1 unspecified atom stereocenters. The van der Waals surface area contributed by atoms with Crippen LogP contribution in [0.15, 0.2) is 23.1 Å². The van der Waals surface area contributed by atoms with Gasteiger partial charge in [-0.15, -0.1) is 23.4 Å². The van der Waals surface area contributed by atoms with Crippen LogP contribution in [-0.2, 0) is 6.18 Å². The Bertz CT molecular complexity index is 439. The van der Waals surface area contributed by atoms with Crippen LogP contribution in [0.3, 0.4) is 0 Å². The van der Waals surface area contributed by atoms with E-state index in [2.05, 4.69) is 0 Å². The van der Waals surface area contributed by atoms with Crippen LogP contribution in [0, 0.1) is 11.3 Å². The Labute approximate surface area is 107 Å². The molecule has 0 fully saturated rings. The highest BCUT2D eigenvalue weighted by atomic mass is 35.5. The van der Waals surface area contributed by atoms with Crippen molar-refractivity contribution in [1.82, 2.24) is 0 Å². The van der Waals surface area contributed by atoms with Gasteiger partial charge in [0, 0.05) is 16.0 Å². The number of halogens is 4. The third kappa shape index (κ3) is 3.83. The van der Waals surface area contributed by atoms with Gasteiger partial charge in [-0.1, -0.05) is 6.92 Å². The van der Waals surface area contributed by atoms with Gasteiger partial charge in [0.15, 0.2) is 0 Å². The number of rotatable bonds is 3. The molecule has 1 atom stereocenters. The maximum absolute atomic E-state index is 12.5. The number of hydrogen-bond donors (Lipinski definition) is 0. The molecule has 1 rings (SSSR count). The molecule has 92 valence electrons. The Morgan fingerprint density at radius 2 is 2.12 bits per heavy atom. The van der Waals surface area contributed by atoms with Gasteiger partial charge < -0.3 is 0 Å². The van der Waals surface area contributed by atoms with Crippen LogP contribution in [0.5, 0.6) is 0 Å². The molecule has 1 nitrogen and oxygen atoms in total. The van der Waals surface area contributed by atoms with Crippen LogP contribution in [0.1, 0.15) is 18.1 Å². The second-order valence-corrected chi connectivity index (χ2v) is 5.22. The van der Waals surface area contributed by atoms with Crippen molar-refractivity contribution in [3.05, 3.63) is 29.3 Å². The Kier molecular flexibility index (Phi) is 4.72. The highest BCUT2D eigenvalue weighted by Crippen LogP contribution is 2.34. The molecule has 6 heteroatoms. The molecule has 0 aromatic heterocycles. The highest BCUT2D eigenvalue weighted by molar-refractivity contribution is 8.00. The smallest absolute Gasteiger partial charge is 0.192 e. The summed E-state index contributed by atoms with van der Waals surface area (Å²) in [6, 6.07) is 5.10. The van der Waals surface area contributed by atoms with E-state index in [1.165, 1.54) is 23.9 Å². The second-order valence-electron chi connectivity index (χ2n) is 3.40. The summed E-state index contributed by atoms with van der Waals surface area (Å²) in [6.45, 7) is 1.86. The van der Waals surface area contributed by atoms with Crippen molar-refractivity contribution >= 4 is 23.4 Å². The topological polar surface area (TPSA) is 23.8 Å². The monoisotopic (exact) mass is 279 g/mol. The predicted molar refractivity (Wildman–Crippen MR) is 62.2 cm³/mol. The molecule has 0 N–H and O–H groups in total. The largest absolute Gasteiger partial charge is 0.417 e. The molecule has 0 bridgehead atoms. The fourth-order valence-corrected chi connectivity index (χ4v) is 2.25. The van der Waals surface area contributed by atoms with E-state index in [0.29, 0.717) is 10.8 Å². The van der Waals surface area contributed by atoms with E-state index in [1.54, 1.807) is 6.07 Å². The van der Waals surface area contributed by atoms with Gasteiger partial charge in [-0.25, -0.2) is 0 Å². The molecule has 0 aliphatic rings. The quantitative estimate of drug-likeness (QED) is 0.608. The van der Waals surface area contributed by atoms with E-state index in [9.17, 15) is 13.2 Å². The van der Waals surface area contributed by atoms with Crippen molar-refractivity contribution in [1.29, 1.82) is 5.26 Å². The van der Waals surface area contributed by atoms with Crippen molar-refractivity contribution in [2.75, 3.05) is 5.88 Å². The zero-order valence-electron chi connectivity index (χ0n) is 8.88. The first kappa shape index (κ1) is 14.2. The average Bonchev–Trinajstić information content (AvgIpc) is 2.27. The zero-order chi connectivity index (χ0) is 13.1. The van der Waals surface area contributed by atoms with Gasteiger partial charge in [-0.05, 0) is 18.2 Å². The van der Waals surface area contributed by atoms with E-state index >= 15 is 0 Å². The van der Waals surface area contributed by atoms with E-state index in [4.69, 9.17) is 16.9 Å². The van der Waals surface area contributed by atoms with Gasteiger partial charge in [-0.3, -0.25) is 0 Å². The SMILES string of the molecule is CC(CCl)Sc1ccc(C(F)(F)F)c(C#N)c1. The zero-order valence-corrected chi connectivity index (χ0v) is 10.5. The number of nitrogens with zero attached hydrogens (tertiary/aromatic N) is 1. The fourth-order valence-electron chi connectivity index (χ4n) is 1.20. The lowest BCUT2D eigenvalue weighted by molar-refractivity contribution is -0.137. The van der Waals surface area contributed by atoms with Crippen molar-refractivity contribution in [2.45, 2.75) is 23.2 Å². The Balaban J connectivity index is 3.06. The third-order valence-corrected chi connectivity index (χ3v) is 3.71. The maximum Gasteiger partial charge on any atom is 0.417 e. The van der Waals surface area contributed by atoms with E-state index in [0.717, 1.165) is 6.07 Å². The minimum absolute atomic E-state index is 0.0833. The van der Waals surface area contributed by atoms with Crippen molar-refractivity contribution in [2.24, 2.45) is 0 Å². The summed E-state index contributed by atoms with van der Waals surface area (Å²) in [5, 5.41) is 8.80. The van der Waals surface area contributed by atoms with Crippen LogP contribution >= 0.6 is 23.4 Å². The van der Waals surface area contributed by atoms with Crippen LogP contribution < -0.4 is 0 Å². The van der Waals surface area contributed by atoms with Crippen molar-refractivity contribution in [3.63, 3.8) is 0 Å². The molecule has 0 aliphatic heterocycles. The Hall–Kier alpha value is -0.860. The molecule has 0 spiro atoms. The molecular weight excluding hydrogens is 271 g/mol. The number of hydrogen-bond acceptors (Lipinski definition) is 2. The lowest BCUT2D eigenvalue weighted by Gasteiger charge is -2.11. The molecule has 1 aromatic rings. The molecule has 17 heavy (non-hydrogen) atoms. The van der Waals surface area contributed by atoms with Crippen LogP contribution in [0.4, 0.5) is 13.2 Å². The molecular formula is C11H9ClF3NS. The normalized spacial score (nSPS) is 13.2. The summed E-state index contributed by atoms with van der Waals surface area (Å²) >= 11 is 6.96. The first-order valence-electron chi connectivity index (χ1n) is 4.72. The first-order valence-corrected chi connectivity index (χ1v) is 6.14. The van der Waals surface area contributed by atoms with Gasteiger partial charge in [0.2, 0.25) is 0 Å². The lowest BCUT2D eigenvalue weighted by atomic mass is 10.1. The van der Waals surface area contributed by atoms with Crippen molar-refractivity contribution < 1.29 is 13.2 Å². The molecule has 0 saturated carbocycles. The van der Waals surface area contributed by atoms with E-state index in [1.807, 2.05) is 6.92 Å². The fraction of sp³-hybridized carbons (Fsp3) is 0.364. The number of thioether (sulfide) groups is 1. The summed E-state index contributed by atoms with van der Waals surface area (Å²) in [6.07, 6.45) is -4.49. The first-order chi connectivity index (χ1) is 7.88. The number of nitriles is 1. The Morgan fingerprint density at radius 3 is 2.59 bits per heavy atom. The average molecular weight is 280 g/mol. The van der Waals surface area contributed by atoms with Crippen LogP contribution in [-0.4, -0.2) is 11.1 Å². The number of alkyl halides is 4. The molecule has 0 radical (unpaired) electrons. The van der Waals surface area contributed by atoms with E-state index < -0.39 is 11.7 Å². The summed E-state index contributed by atoms with van der Waals surface area (Å²) in [7, 11) is 0. The lowest BCUT2D eigenvalue weighted by Crippen LogP contribution is -2.08. The van der Waals surface area contributed by atoms with Crippen LogP contribution in [0.2, 0.25) is 0 Å². The summed E-state index contributed by atoms with van der Waals surface area (Å²) in [5.74, 6) is 0.396. The van der Waals surface area contributed by atoms with Gasteiger partial charge in [-0.2, -0.15) is 18.4 Å². The third-order valence-electron chi connectivity index (χ3n) is 1.97. The Morgan fingerprint density at radius 1 is 1.47 bits per heavy atom. The van der Waals surface area contributed by atoms with Crippen molar-refractivity contribution in [3.8, 4) is 6.07 Å². The minimum Gasteiger partial charge on any atom is -0.192 e. The van der Waals surface area contributed by atoms with E-state index in [-0.39, 0.29) is 10.8 Å². The summed E-state index contributed by atoms with van der Waals surface area (Å²) in [4.78, 5) is 0.614. The van der Waals surface area contributed by atoms with Crippen LogP contribution in [0.25, 0.3) is 0 Å². The molecule has 1 aromatic carbocycles. The van der Waals surface area contributed by atoms with Gasteiger partial charge >= 0.3 is 6.18 Å². The van der Waals surface area contributed by atoms with Gasteiger partial charge in [0.05, 0.1) is 17.2 Å². The molecule has 0 aliphatic carbocycles. The maximum atomic E-state index is 12.5. The van der Waals surface area contributed by atoms with Gasteiger partial charge in [0.1, 0.15) is 0 Å². The summed E-state index contributed by atoms with van der Waals surface area (Å²) < 4.78 is 37.6. The highest BCUT2D eigenvalue weighted by Gasteiger charge is 2.33. The molecule has 0 heterocycles. The minimum atomic E-state index is -4.49. The number of benzene rings is 1. The molecule has 0 amide bonds. The molecule has 0 saturated heterocycles. The van der Waals surface area contributed by atoms with Gasteiger partial charge in [0.25, 0.3) is 0 Å².